The van der Waals surface area contributed by atoms with Gasteiger partial charge in [0.2, 0.25) is 0 Å². The summed E-state index contributed by atoms with van der Waals surface area (Å²) < 4.78 is 10.8. The van der Waals surface area contributed by atoms with Crippen LogP contribution >= 0.6 is 11.6 Å². The maximum Gasteiger partial charge on any atom is 0.337 e. The summed E-state index contributed by atoms with van der Waals surface area (Å²) in [4.78, 5) is 24.3. The Bertz CT molecular complexity index is 620. The molecule has 0 unspecified atom stereocenters. The van der Waals surface area contributed by atoms with Crippen LogP contribution in [0.1, 0.15) is 23.7 Å². The van der Waals surface area contributed by atoms with E-state index in [2.05, 4.69) is 0 Å². The molecule has 5 heteroatoms. The van der Waals surface area contributed by atoms with Crippen molar-refractivity contribution in [1.82, 2.24) is 0 Å². The van der Waals surface area contributed by atoms with Gasteiger partial charge in [0.15, 0.2) is 5.78 Å². The Balaban J connectivity index is 1.94. The van der Waals surface area contributed by atoms with Crippen LogP contribution in [0, 0.1) is 5.92 Å². The summed E-state index contributed by atoms with van der Waals surface area (Å²) in [5, 5.41) is 0.495. The lowest BCUT2D eigenvalue weighted by Crippen LogP contribution is -2.37. The summed E-state index contributed by atoms with van der Waals surface area (Å²) in [6, 6.07) is 4.93. The first-order valence-electron chi connectivity index (χ1n) is 6.49. The fourth-order valence-electron chi connectivity index (χ4n) is 2.65. The maximum absolute atomic E-state index is 12.4. The summed E-state index contributed by atoms with van der Waals surface area (Å²) in [7, 11) is 0. The van der Waals surface area contributed by atoms with Crippen molar-refractivity contribution in [2.24, 2.45) is 5.92 Å². The van der Waals surface area contributed by atoms with Gasteiger partial charge in [-0.1, -0.05) is 17.7 Å². The average molecular weight is 293 g/mol. The van der Waals surface area contributed by atoms with E-state index in [4.69, 9.17) is 21.1 Å². The van der Waals surface area contributed by atoms with Gasteiger partial charge in [-0.3, -0.25) is 4.79 Å². The molecular weight excluding hydrogens is 280 g/mol. The summed E-state index contributed by atoms with van der Waals surface area (Å²) in [6.45, 7) is 2.04. The van der Waals surface area contributed by atoms with E-state index >= 15 is 0 Å². The lowest BCUT2D eigenvalue weighted by Gasteiger charge is -2.29. The molecule has 1 heterocycles. The fourth-order valence-corrected chi connectivity index (χ4v) is 2.81. The SMILES string of the molecule is CCOC(=O)C1=CC[C@H]2C(=O)c3ccc(Cl)cc3O[C@H]12. The van der Waals surface area contributed by atoms with Crippen LogP contribution in [-0.4, -0.2) is 24.5 Å². The molecule has 0 spiro atoms. The smallest absolute Gasteiger partial charge is 0.337 e. The van der Waals surface area contributed by atoms with Gasteiger partial charge >= 0.3 is 5.97 Å². The molecule has 0 bridgehead atoms. The van der Waals surface area contributed by atoms with Crippen LogP contribution in [0.2, 0.25) is 5.02 Å². The third-order valence-corrected chi connectivity index (χ3v) is 3.81. The van der Waals surface area contributed by atoms with E-state index in [9.17, 15) is 9.59 Å². The molecule has 0 aromatic heterocycles. The van der Waals surface area contributed by atoms with E-state index in [1.807, 2.05) is 0 Å². The number of rotatable bonds is 2. The van der Waals surface area contributed by atoms with Crippen LogP contribution in [0.25, 0.3) is 0 Å². The average Bonchev–Trinajstić information content (AvgIpc) is 2.83. The fraction of sp³-hybridized carbons (Fsp3) is 0.333. The van der Waals surface area contributed by atoms with Gasteiger partial charge in [0.25, 0.3) is 0 Å². The van der Waals surface area contributed by atoms with Gasteiger partial charge in [-0.05, 0) is 31.5 Å². The maximum atomic E-state index is 12.4. The molecule has 1 aliphatic carbocycles. The number of ether oxygens (including phenoxy) is 2. The predicted octanol–water partition coefficient (Wildman–Crippen LogP) is 2.79. The van der Waals surface area contributed by atoms with Crippen LogP contribution in [0.4, 0.5) is 0 Å². The van der Waals surface area contributed by atoms with Crippen molar-refractivity contribution in [1.29, 1.82) is 0 Å². The van der Waals surface area contributed by atoms with E-state index in [1.54, 1.807) is 31.2 Å². The monoisotopic (exact) mass is 292 g/mol. The second kappa shape index (κ2) is 4.94. The highest BCUT2D eigenvalue weighted by Crippen LogP contribution is 2.40. The molecule has 0 N–H and O–H groups in total. The minimum absolute atomic E-state index is 0.0107. The molecular formula is C15H13ClO4. The summed E-state index contributed by atoms with van der Waals surface area (Å²) >= 11 is 5.92. The van der Waals surface area contributed by atoms with Crippen LogP contribution < -0.4 is 4.74 Å². The number of carbonyl (C=O) groups is 2. The molecule has 4 nitrogen and oxygen atoms in total. The summed E-state index contributed by atoms with van der Waals surface area (Å²) in [5.41, 5.74) is 0.949. The lowest BCUT2D eigenvalue weighted by atomic mass is 9.89. The second-order valence-electron chi connectivity index (χ2n) is 4.77. The highest BCUT2D eigenvalue weighted by atomic mass is 35.5. The van der Waals surface area contributed by atoms with E-state index in [-0.39, 0.29) is 11.7 Å². The molecule has 0 amide bonds. The zero-order chi connectivity index (χ0) is 14.3. The molecule has 2 atom stereocenters. The van der Waals surface area contributed by atoms with Gasteiger partial charge in [-0.2, -0.15) is 0 Å². The Morgan fingerprint density at radius 3 is 3.05 bits per heavy atom. The number of benzene rings is 1. The number of hydrogen-bond donors (Lipinski definition) is 0. The zero-order valence-electron chi connectivity index (χ0n) is 10.9. The number of ketones is 1. The Kier molecular flexibility index (Phi) is 3.26. The van der Waals surface area contributed by atoms with Gasteiger partial charge < -0.3 is 9.47 Å². The third kappa shape index (κ3) is 2.00. The summed E-state index contributed by atoms with van der Waals surface area (Å²) in [5.74, 6) is -0.342. The first-order chi connectivity index (χ1) is 9.61. The van der Waals surface area contributed by atoms with E-state index in [1.165, 1.54) is 0 Å². The molecule has 2 aliphatic rings. The van der Waals surface area contributed by atoms with E-state index < -0.39 is 12.1 Å². The first-order valence-corrected chi connectivity index (χ1v) is 6.87. The largest absolute Gasteiger partial charge is 0.484 e. The van der Waals surface area contributed by atoms with Gasteiger partial charge in [-0.15, -0.1) is 0 Å². The van der Waals surface area contributed by atoms with Crippen LogP contribution in [-0.2, 0) is 9.53 Å². The molecule has 1 aromatic carbocycles. The molecule has 0 saturated carbocycles. The number of allylic oxidation sites excluding steroid dienone is 1. The molecule has 104 valence electrons. The van der Waals surface area contributed by atoms with Crippen molar-refractivity contribution in [3.8, 4) is 5.75 Å². The van der Waals surface area contributed by atoms with Crippen molar-refractivity contribution in [2.75, 3.05) is 6.61 Å². The van der Waals surface area contributed by atoms with Crippen molar-refractivity contribution < 1.29 is 19.1 Å². The molecule has 3 rings (SSSR count). The Morgan fingerprint density at radius 2 is 2.30 bits per heavy atom. The Hall–Kier alpha value is -1.81. The Morgan fingerprint density at radius 1 is 1.50 bits per heavy atom. The number of hydrogen-bond acceptors (Lipinski definition) is 4. The number of Topliss-reactive ketones (excluding diaryl/α,β-unsaturated/α-hetero) is 1. The highest BCUT2D eigenvalue weighted by Gasteiger charge is 2.44. The number of carbonyl (C=O) groups excluding carboxylic acids is 2. The molecule has 1 aliphatic heterocycles. The van der Waals surface area contributed by atoms with Crippen molar-refractivity contribution in [3.05, 3.63) is 40.4 Å². The van der Waals surface area contributed by atoms with E-state index in [0.29, 0.717) is 34.9 Å². The molecule has 0 fully saturated rings. The molecule has 0 saturated heterocycles. The normalized spacial score (nSPS) is 23.5. The zero-order valence-corrected chi connectivity index (χ0v) is 11.6. The van der Waals surface area contributed by atoms with Crippen molar-refractivity contribution in [2.45, 2.75) is 19.4 Å². The number of esters is 1. The molecule has 1 aromatic rings. The minimum atomic E-state index is -0.562. The predicted molar refractivity (Wildman–Crippen MR) is 73.0 cm³/mol. The van der Waals surface area contributed by atoms with Crippen molar-refractivity contribution in [3.63, 3.8) is 0 Å². The van der Waals surface area contributed by atoms with Crippen molar-refractivity contribution >= 4 is 23.4 Å². The van der Waals surface area contributed by atoms with Gasteiger partial charge in [0.05, 0.1) is 23.7 Å². The number of halogens is 1. The van der Waals surface area contributed by atoms with Gasteiger partial charge in [0, 0.05) is 5.02 Å². The lowest BCUT2D eigenvalue weighted by molar-refractivity contribution is -0.139. The van der Waals surface area contributed by atoms with Crippen LogP contribution in [0.3, 0.4) is 0 Å². The quantitative estimate of drug-likeness (QED) is 0.787. The van der Waals surface area contributed by atoms with Crippen LogP contribution in [0.15, 0.2) is 29.8 Å². The summed E-state index contributed by atoms with van der Waals surface area (Å²) in [6.07, 6.45) is 1.67. The Labute approximate surface area is 121 Å². The topological polar surface area (TPSA) is 52.6 Å². The molecule has 20 heavy (non-hydrogen) atoms. The van der Waals surface area contributed by atoms with Gasteiger partial charge in [0.1, 0.15) is 11.9 Å². The second-order valence-corrected chi connectivity index (χ2v) is 5.20. The highest BCUT2D eigenvalue weighted by molar-refractivity contribution is 6.31. The van der Waals surface area contributed by atoms with Crippen LogP contribution in [0.5, 0.6) is 5.75 Å². The van der Waals surface area contributed by atoms with E-state index in [0.717, 1.165) is 0 Å². The standard InChI is InChI=1S/C15H13ClO4/c1-2-19-15(18)11-6-5-10-13(17)9-4-3-8(16)7-12(9)20-14(10)11/h3-4,6-7,10,14H,2,5H2,1H3/t10-,14-/m0/s1. The minimum Gasteiger partial charge on any atom is -0.484 e. The van der Waals surface area contributed by atoms with Gasteiger partial charge in [-0.25, -0.2) is 4.79 Å². The number of fused-ring (bicyclic) bond motifs is 2. The first kappa shape index (κ1) is 13.2. The molecule has 0 radical (unpaired) electrons. The third-order valence-electron chi connectivity index (χ3n) is 3.57.